The van der Waals surface area contributed by atoms with Crippen LogP contribution in [-0.4, -0.2) is 4.57 Å². The Bertz CT molecular complexity index is 2300. The lowest BCUT2D eigenvalue weighted by Gasteiger charge is -2.16. The summed E-state index contributed by atoms with van der Waals surface area (Å²) in [6, 6.07) is 42.7. The quantitative estimate of drug-likeness (QED) is 0.209. The molecule has 0 saturated carbocycles. The first-order chi connectivity index (χ1) is 17.9. The molecule has 0 amide bonds. The van der Waals surface area contributed by atoms with E-state index in [0.717, 1.165) is 0 Å². The number of nitrogens with zero attached hydrogens (tertiary/aromatic N) is 1. The van der Waals surface area contributed by atoms with E-state index in [1.807, 2.05) is 11.3 Å². The smallest absolute Gasteiger partial charge is 0.0548 e. The van der Waals surface area contributed by atoms with E-state index in [4.69, 9.17) is 0 Å². The Morgan fingerprint density at radius 2 is 1.11 bits per heavy atom. The van der Waals surface area contributed by atoms with Crippen LogP contribution in [0.15, 0.2) is 115 Å². The van der Waals surface area contributed by atoms with Crippen molar-refractivity contribution >= 4 is 85.6 Å². The molecule has 0 radical (unpaired) electrons. The molecule has 2 heterocycles. The molecule has 2 aromatic heterocycles. The van der Waals surface area contributed by atoms with Crippen molar-refractivity contribution in [3.8, 4) is 5.69 Å². The lowest BCUT2D eigenvalue weighted by molar-refractivity contribution is 1.20. The minimum Gasteiger partial charge on any atom is -0.309 e. The first-order valence-electron chi connectivity index (χ1n) is 12.4. The van der Waals surface area contributed by atoms with Crippen LogP contribution in [0, 0.1) is 0 Å². The molecule has 0 fully saturated rings. The molecule has 0 atom stereocenters. The molecule has 0 aliphatic carbocycles. The van der Waals surface area contributed by atoms with E-state index in [-0.39, 0.29) is 0 Å². The van der Waals surface area contributed by atoms with Crippen LogP contribution < -0.4 is 0 Å². The first-order valence-corrected chi connectivity index (χ1v) is 13.2. The van der Waals surface area contributed by atoms with Gasteiger partial charge in [-0.3, -0.25) is 0 Å². The summed E-state index contributed by atoms with van der Waals surface area (Å²) in [7, 11) is 0. The normalized spacial score (nSPS) is 12.4. The molecule has 0 saturated heterocycles. The van der Waals surface area contributed by atoms with Gasteiger partial charge in [0, 0.05) is 36.3 Å². The van der Waals surface area contributed by atoms with Gasteiger partial charge in [-0.05, 0) is 57.3 Å². The second kappa shape index (κ2) is 6.63. The first kappa shape index (κ1) is 18.9. The molecule has 36 heavy (non-hydrogen) atoms. The van der Waals surface area contributed by atoms with Gasteiger partial charge in [-0.15, -0.1) is 11.3 Å². The van der Waals surface area contributed by atoms with Crippen LogP contribution in [0.5, 0.6) is 0 Å². The van der Waals surface area contributed by atoms with Crippen LogP contribution in [-0.2, 0) is 0 Å². The van der Waals surface area contributed by atoms with Crippen LogP contribution in [0.3, 0.4) is 0 Å². The highest BCUT2D eigenvalue weighted by molar-refractivity contribution is 7.26. The fourth-order valence-electron chi connectivity index (χ4n) is 6.45. The van der Waals surface area contributed by atoms with Crippen LogP contribution in [0.1, 0.15) is 0 Å². The van der Waals surface area contributed by atoms with Gasteiger partial charge >= 0.3 is 0 Å². The molecule has 7 aromatic carbocycles. The van der Waals surface area contributed by atoms with Crippen molar-refractivity contribution in [1.29, 1.82) is 0 Å². The summed E-state index contributed by atoms with van der Waals surface area (Å²) in [4.78, 5) is 0. The summed E-state index contributed by atoms with van der Waals surface area (Å²) in [6.07, 6.45) is 0. The van der Waals surface area contributed by atoms with Gasteiger partial charge in [-0.2, -0.15) is 0 Å². The Morgan fingerprint density at radius 1 is 0.389 bits per heavy atom. The molecule has 0 aliphatic heterocycles. The van der Waals surface area contributed by atoms with Crippen molar-refractivity contribution in [2.45, 2.75) is 0 Å². The van der Waals surface area contributed by atoms with Gasteiger partial charge < -0.3 is 4.57 Å². The average Bonchev–Trinajstić information content (AvgIpc) is 3.47. The number of hydrogen-bond acceptors (Lipinski definition) is 1. The minimum absolute atomic E-state index is 1.24. The molecule has 0 N–H and O–H groups in total. The maximum Gasteiger partial charge on any atom is 0.0548 e. The summed E-state index contributed by atoms with van der Waals surface area (Å²) >= 11 is 1.89. The summed E-state index contributed by atoms with van der Waals surface area (Å²) in [5, 5.41) is 13.3. The topological polar surface area (TPSA) is 4.93 Å². The van der Waals surface area contributed by atoms with E-state index < -0.39 is 0 Å². The van der Waals surface area contributed by atoms with E-state index in [1.54, 1.807) is 0 Å². The van der Waals surface area contributed by atoms with Crippen molar-refractivity contribution in [2.75, 3.05) is 0 Å². The molecule has 166 valence electrons. The Labute approximate surface area is 210 Å². The van der Waals surface area contributed by atoms with E-state index in [1.165, 1.54) is 80.0 Å². The van der Waals surface area contributed by atoms with Crippen molar-refractivity contribution in [1.82, 2.24) is 4.57 Å². The standard InChI is InChI=1S/C34H19NS/c1-3-10-26-23(8-1)33-28(18-19-30-34(33)25-9-2-4-11-29(25)36-30)35(26)27-17-15-22-13-12-20-6-5-7-21-14-16-24(27)32(22)31(20)21/h1-19H. The van der Waals surface area contributed by atoms with E-state index in [9.17, 15) is 0 Å². The Kier molecular flexibility index (Phi) is 3.47. The number of para-hydroxylation sites is 1. The zero-order valence-electron chi connectivity index (χ0n) is 19.3. The SMILES string of the molecule is c1cc2ccc3ccc(-n4c5ccccc5c5c6c(ccc54)sc4ccccc46)c4ccc(c1)c2c34. The number of thiophene rings is 1. The summed E-state index contributed by atoms with van der Waals surface area (Å²) in [5.74, 6) is 0. The maximum absolute atomic E-state index is 2.49. The molecular formula is C34H19NS. The van der Waals surface area contributed by atoms with E-state index in [0.29, 0.717) is 0 Å². The molecule has 0 aliphatic rings. The van der Waals surface area contributed by atoms with E-state index in [2.05, 4.69) is 120 Å². The number of hydrogen-bond donors (Lipinski definition) is 0. The van der Waals surface area contributed by atoms with Gasteiger partial charge in [0.1, 0.15) is 0 Å². The second-order valence-corrected chi connectivity index (χ2v) is 10.8. The fraction of sp³-hybridized carbons (Fsp3) is 0. The van der Waals surface area contributed by atoms with E-state index >= 15 is 0 Å². The number of fused-ring (bicyclic) bond motifs is 7. The average molecular weight is 474 g/mol. The largest absolute Gasteiger partial charge is 0.309 e. The van der Waals surface area contributed by atoms with Crippen molar-refractivity contribution in [2.24, 2.45) is 0 Å². The third-order valence-corrected chi connectivity index (χ3v) is 9.06. The maximum atomic E-state index is 2.49. The zero-order chi connectivity index (χ0) is 23.4. The van der Waals surface area contributed by atoms with Gasteiger partial charge in [0.2, 0.25) is 0 Å². The van der Waals surface area contributed by atoms with Gasteiger partial charge in [0.25, 0.3) is 0 Å². The van der Waals surface area contributed by atoms with Crippen LogP contribution in [0.4, 0.5) is 0 Å². The van der Waals surface area contributed by atoms with Gasteiger partial charge in [-0.1, -0.05) is 84.9 Å². The number of benzene rings is 7. The molecule has 9 aromatic rings. The summed E-state index contributed by atoms with van der Waals surface area (Å²) < 4.78 is 5.18. The predicted octanol–water partition coefficient (Wildman–Crippen LogP) is 10.0. The minimum atomic E-state index is 1.24. The van der Waals surface area contributed by atoms with Crippen molar-refractivity contribution < 1.29 is 0 Å². The molecule has 0 unspecified atom stereocenters. The van der Waals surface area contributed by atoms with Crippen LogP contribution in [0.25, 0.3) is 80.0 Å². The van der Waals surface area contributed by atoms with Gasteiger partial charge in [0.15, 0.2) is 0 Å². The van der Waals surface area contributed by atoms with Crippen LogP contribution >= 0.6 is 11.3 Å². The third kappa shape index (κ3) is 2.26. The Balaban J connectivity index is 1.52. The van der Waals surface area contributed by atoms with Gasteiger partial charge in [0.05, 0.1) is 16.7 Å². The third-order valence-electron chi connectivity index (χ3n) is 7.92. The summed E-state index contributed by atoms with van der Waals surface area (Å²) in [5.41, 5.74) is 3.76. The van der Waals surface area contributed by atoms with Crippen molar-refractivity contribution in [3.63, 3.8) is 0 Å². The van der Waals surface area contributed by atoms with Crippen molar-refractivity contribution in [3.05, 3.63) is 115 Å². The fourth-order valence-corrected chi connectivity index (χ4v) is 7.56. The zero-order valence-corrected chi connectivity index (χ0v) is 20.1. The number of rotatable bonds is 1. The second-order valence-electron chi connectivity index (χ2n) is 9.72. The highest BCUT2D eigenvalue weighted by Crippen LogP contribution is 2.45. The van der Waals surface area contributed by atoms with Crippen LogP contribution in [0.2, 0.25) is 0 Å². The summed E-state index contributed by atoms with van der Waals surface area (Å²) in [6.45, 7) is 0. The van der Waals surface area contributed by atoms with Gasteiger partial charge in [-0.25, -0.2) is 0 Å². The highest BCUT2D eigenvalue weighted by Gasteiger charge is 2.19. The molecule has 1 nitrogen and oxygen atoms in total. The lowest BCUT2D eigenvalue weighted by Crippen LogP contribution is -1.96. The lowest BCUT2D eigenvalue weighted by atomic mass is 9.93. The monoisotopic (exact) mass is 473 g/mol. The predicted molar refractivity (Wildman–Crippen MR) is 157 cm³/mol. The highest BCUT2D eigenvalue weighted by atomic mass is 32.1. The molecule has 0 spiro atoms. The molecule has 9 rings (SSSR count). The molecular weight excluding hydrogens is 454 g/mol. The molecule has 2 heteroatoms. The Hall–Kier alpha value is -4.40. The Morgan fingerprint density at radius 3 is 2.00 bits per heavy atom. The number of aromatic nitrogens is 1. The molecule has 0 bridgehead atoms.